The van der Waals surface area contributed by atoms with Gasteiger partial charge in [-0.1, -0.05) is 0 Å². The van der Waals surface area contributed by atoms with Gasteiger partial charge >= 0.3 is 0 Å². The Morgan fingerprint density at radius 2 is 2.54 bits per heavy atom. The van der Waals surface area contributed by atoms with E-state index in [4.69, 9.17) is 0 Å². The molecule has 3 heteroatoms. The number of nitrogens with zero attached hydrogens (tertiary/aromatic N) is 1. The van der Waals surface area contributed by atoms with Crippen molar-refractivity contribution in [1.82, 2.24) is 10.3 Å². The van der Waals surface area contributed by atoms with Gasteiger partial charge in [-0.25, -0.2) is 4.98 Å². The van der Waals surface area contributed by atoms with Crippen molar-refractivity contribution >= 4 is 11.3 Å². The van der Waals surface area contributed by atoms with Crippen LogP contribution >= 0.6 is 11.3 Å². The molecule has 2 aliphatic rings. The molecule has 0 bridgehead atoms. The Bertz CT molecular complexity index is 283. The van der Waals surface area contributed by atoms with Crippen LogP contribution < -0.4 is 5.32 Å². The van der Waals surface area contributed by atoms with Crippen LogP contribution in [0.3, 0.4) is 0 Å². The molecule has 2 fully saturated rings. The highest BCUT2D eigenvalue weighted by atomic mass is 32.1. The van der Waals surface area contributed by atoms with Gasteiger partial charge in [0.1, 0.15) is 0 Å². The molecular formula is C10H14N2S. The topological polar surface area (TPSA) is 24.9 Å². The van der Waals surface area contributed by atoms with Gasteiger partial charge in [0.15, 0.2) is 0 Å². The number of piperidine rings is 1. The van der Waals surface area contributed by atoms with Crippen LogP contribution in [-0.4, -0.2) is 18.1 Å². The van der Waals surface area contributed by atoms with Gasteiger partial charge in [0.25, 0.3) is 0 Å². The van der Waals surface area contributed by atoms with Crippen LogP contribution in [0, 0.1) is 11.8 Å². The largest absolute Gasteiger partial charge is 0.316 e. The zero-order valence-electron chi connectivity index (χ0n) is 7.57. The summed E-state index contributed by atoms with van der Waals surface area (Å²) in [7, 11) is 0. The number of hydrogen-bond donors (Lipinski definition) is 1. The molecule has 0 amide bonds. The van der Waals surface area contributed by atoms with E-state index in [1.54, 1.807) is 11.3 Å². The Balaban J connectivity index is 1.75. The number of thiazole rings is 1. The lowest BCUT2D eigenvalue weighted by atomic mass is 9.61. The first-order valence-electron chi connectivity index (χ1n) is 5.04. The maximum atomic E-state index is 4.42. The molecule has 0 unspecified atom stereocenters. The highest BCUT2D eigenvalue weighted by molar-refractivity contribution is 7.07. The quantitative estimate of drug-likeness (QED) is 0.738. The summed E-state index contributed by atoms with van der Waals surface area (Å²) < 4.78 is 0. The first-order valence-corrected chi connectivity index (χ1v) is 5.98. The molecule has 0 aromatic carbocycles. The van der Waals surface area contributed by atoms with E-state index in [0.29, 0.717) is 0 Å². The Morgan fingerprint density at radius 3 is 3.31 bits per heavy atom. The minimum Gasteiger partial charge on any atom is -0.316 e. The van der Waals surface area contributed by atoms with E-state index in [1.807, 2.05) is 5.51 Å². The van der Waals surface area contributed by atoms with Crippen molar-refractivity contribution < 1.29 is 0 Å². The van der Waals surface area contributed by atoms with E-state index in [-0.39, 0.29) is 0 Å². The summed E-state index contributed by atoms with van der Waals surface area (Å²) in [6.45, 7) is 2.44. The summed E-state index contributed by atoms with van der Waals surface area (Å²) in [5.41, 5.74) is 3.30. The fraction of sp³-hybridized carbons (Fsp3) is 0.700. The Kier molecular flexibility index (Phi) is 1.87. The van der Waals surface area contributed by atoms with E-state index in [9.17, 15) is 0 Å². The number of aromatic nitrogens is 1. The molecule has 70 valence electrons. The highest BCUT2D eigenvalue weighted by Crippen LogP contribution is 2.49. The minimum atomic E-state index is 0.768. The molecule has 3 atom stereocenters. The summed E-state index contributed by atoms with van der Waals surface area (Å²) in [5, 5.41) is 5.70. The van der Waals surface area contributed by atoms with Gasteiger partial charge in [-0.2, -0.15) is 0 Å². The van der Waals surface area contributed by atoms with Gasteiger partial charge in [0.05, 0.1) is 11.2 Å². The van der Waals surface area contributed by atoms with Gasteiger partial charge in [0, 0.05) is 11.3 Å². The average Bonchev–Trinajstić information content (AvgIpc) is 2.60. The summed E-state index contributed by atoms with van der Waals surface area (Å²) in [6, 6.07) is 0. The van der Waals surface area contributed by atoms with Crippen LogP contribution in [-0.2, 0) is 0 Å². The van der Waals surface area contributed by atoms with Crippen molar-refractivity contribution in [2.24, 2.45) is 11.8 Å². The molecule has 1 aliphatic heterocycles. The van der Waals surface area contributed by atoms with E-state index < -0.39 is 0 Å². The zero-order chi connectivity index (χ0) is 8.67. The lowest BCUT2D eigenvalue weighted by Crippen LogP contribution is -2.47. The molecule has 0 radical (unpaired) electrons. The standard InChI is InChI=1S/C10H14N2S/c1-2-11-4-9-7(1)3-8(9)10-5-13-6-12-10/h5-9,11H,1-4H2/t7-,8-,9-/m0/s1. The fourth-order valence-electron chi connectivity index (χ4n) is 2.75. The lowest BCUT2D eigenvalue weighted by Gasteiger charge is -2.47. The van der Waals surface area contributed by atoms with Crippen molar-refractivity contribution in [2.75, 3.05) is 13.1 Å². The SMILES string of the molecule is c1nc([C@H]2C[C@@H]3CCNC[C@@H]32)cs1. The van der Waals surface area contributed by atoms with Gasteiger partial charge in [-0.3, -0.25) is 0 Å². The summed E-state index contributed by atoms with van der Waals surface area (Å²) in [4.78, 5) is 4.42. The zero-order valence-corrected chi connectivity index (χ0v) is 8.39. The first kappa shape index (κ1) is 7.94. The van der Waals surface area contributed by atoms with E-state index in [1.165, 1.54) is 31.6 Å². The molecule has 1 saturated carbocycles. The second-order valence-corrected chi connectivity index (χ2v) is 4.89. The van der Waals surface area contributed by atoms with Crippen LogP contribution in [0.4, 0.5) is 0 Å². The van der Waals surface area contributed by atoms with Crippen molar-refractivity contribution in [3.05, 3.63) is 16.6 Å². The highest BCUT2D eigenvalue weighted by Gasteiger charge is 2.43. The van der Waals surface area contributed by atoms with E-state index in [0.717, 1.165) is 17.8 Å². The Morgan fingerprint density at radius 1 is 1.54 bits per heavy atom. The second-order valence-electron chi connectivity index (χ2n) is 4.17. The smallest absolute Gasteiger partial charge is 0.0794 e. The van der Waals surface area contributed by atoms with E-state index >= 15 is 0 Å². The van der Waals surface area contributed by atoms with Crippen molar-refractivity contribution in [2.45, 2.75) is 18.8 Å². The van der Waals surface area contributed by atoms with Crippen molar-refractivity contribution in [3.63, 3.8) is 0 Å². The van der Waals surface area contributed by atoms with Gasteiger partial charge in [0.2, 0.25) is 0 Å². The van der Waals surface area contributed by atoms with Crippen LogP contribution in [0.2, 0.25) is 0 Å². The minimum absolute atomic E-state index is 0.768. The molecule has 0 spiro atoms. The van der Waals surface area contributed by atoms with Crippen LogP contribution in [0.5, 0.6) is 0 Å². The number of nitrogens with one attached hydrogen (secondary N) is 1. The monoisotopic (exact) mass is 194 g/mol. The molecule has 1 saturated heterocycles. The average molecular weight is 194 g/mol. The van der Waals surface area contributed by atoms with Gasteiger partial charge in [-0.05, 0) is 37.8 Å². The maximum Gasteiger partial charge on any atom is 0.0794 e. The predicted octanol–water partition coefficient (Wildman–Crippen LogP) is 1.86. The number of rotatable bonds is 1. The molecule has 13 heavy (non-hydrogen) atoms. The summed E-state index contributed by atoms with van der Waals surface area (Å²) in [6.07, 6.45) is 2.77. The third-order valence-electron chi connectivity index (χ3n) is 3.58. The molecule has 1 N–H and O–H groups in total. The van der Waals surface area contributed by atoms with Crippen LogP contribution in [0.15, 0.2) is 10.9 Å². The van der Waals surface area contributed by atoms with E-state index in [2.05, 4.69) is 15.7 Å². The number of fused-ring (bicyclic) bond motifs is 1. The lowest BCUT2D eigenvalue weighted by molar-refractivity contribution is 0.0913. The number of hydrogen-bond acceptors (Lipinski definition) is 3. The third-order valence-corrected chi connectivity index (χ3v) is 4.19. The predicted molar refractivity (Wildman–Crippen MR) is 53.9 cm³/mol. The van der Waals surface area contributed by atoms with Crippen molar-refractivity contribution in [1.29, 1.82) is 0 Å². The molecule has 1 aliphatic carbocycles. The first-order chi connectivity index (χ1) is 6.45. The molecule has 1 aromatic rings. The molecule has 2 heterocycles. The third kappa shape index (κ3) is 1.22. The molecule has 1 aromatic heterocycles. The van der Waals surface area contributed by atoms with Crippen LogP contribution in [0.1, 0.15) is 24.5 Å². The maximum absolute atomic E-state index is 4.42. The van der Waals surface area contributed by atoms with Gasteiger partial charge in [-0.15, -0.1) is 11.3 Å². The Labute approximate surface area is 82.4 Å². The molecular weight excluding hydrogens is 180 g/mol. The van der Waals surface area contributed by atoms with Gasteiger partial charge < -0.3 is 5.32 Å². The summed E-state index contributed by atoms with van der Waals surface area (Å²) in [5.74, 6) is 2.65. The summed E-state index contributed by atoms with van der Waals surface area (Å²) >= 11 is 1.73. The normalized spacial score (nSPS) is 38.0. The van der Waals surface area contributed by atoms with Crippen molar-refractivity contribution in [3.8, 4) is 0 Å². The Hall–Kier alpha value is -0.410. The fourth-order valence-corrected chi connectivity index (χ4v) is 3.37. The van der Waals surface area contributed by atoms with Crippen LogP contribution in [0.25, 0.3) is 0 Å². The molecule has 2 nitrogen and oxygen atoms in total. The molecule has 3 rings (SSSR count). The second kappa shape index (κ2) is 3.07.